The molecule has 4 N–H and O–H groups in total. The van der Waals surface area contributed by atoms with Gasteiger partial charge >= 0.3 is 5.97 Å². The lowest BCUT2D eigenvalue weighted by Crippen LogP contribution is -2.46. The minimum Gasteiger partial charge on any atom is -0.481 e. The minimum absolute atomic E-state index is 0.215. The van der Waals surface area contributed by atoms with E-state index in [9.17, 15) is 9.59 Å². The normalized spacial score (nSPS) is 13.9. The van der Waals surface area contributed by atoms with Crippen molar-refractivity contribution in [2.45, 2.75) is 25.4 Å². The lowest BCUT2D eigenvalue weighted by Gasteiger charge is -2.16. The van der Waals surface area contributed by atoms with Crippen molar-refractivity contribution in [2.75, 3.05) is 13.2 Å². The first-order chi connectivity index (χ1) is 7.47. The molecule has 6 heteroatoms. The van der Waals surface area contributed by atoms with Crippen LogP contribution in [0.2, 0.25) is 0 Å². The van der Waals surface area contributed by atoms with Crippen LogP contribution in [-0.4, -0.2) is 42.3 Å². The maximum atomic E-state index is 11.3. The molecule has 6 nitrogen and oxygen atoms in total. The molecule has 0 aromatic rings. The molecule has 0 rings (SSSR count). The lowest BCUT2D eigenvalue weighted by atomic mass is 10.2. The van der Waals surface area contributed by atoms with Crippen molar-refractivity contribution in [1.82, 2.24) is 5.32 Å². The molecule has 0 fully saturated rings. The molecule has 0 saturated heterocycles. The fourth-order valence-corrected chi connectivity index (χ4v) is 1.00. The summed E-state index contributed by atoms with van der Waals surface area (Å²) in [5.74, 6) is -1.59. The van der Waals surface area contributed by atoms with E-state index < -0.39 is 17.9 Å². The molecule has 0 aliphatic heterocycles. The van der Waals surface area contributed by atoms with Gasteiger partial charge in [-0.25, -0.2) is 0 Å². The van der Waals surface area contributed by atoms with E-state index in [0.29, 0.717) is 13.2 Å². The number of carboxylic acid groups (broad SMARTS) is 1. The van der Waals surface area contributed by atoms with Gasteiger partial charge in [0.2, 0.25) is 5.91 Å². The van der Waals surface area contributed by atoms with E-state index in [-0.39, 0.29) is 12.5 Å². The van der Waals surface area contributed by atoms with E-state index in [2.05, 4.69) is 11.9 Å². The highest BCUT2D eigenvalue weighted by Crippen LogP contribution is 1.91. The van der Waals surface area contributed by atoms with Crippen molar-refractivity contribution in [3.05, 3.63) is 12.7 Å². The summed E-state index contributed by atoms with van der Waals surface area (Å²) >= 11 is 0. The average Bonchev–Trinajstić information content (AvgIpc) is 2.16. The van der Waals surface area contributed by atoms with Crippen LogP contribution in [0, 0.1) is 0 Å². The number of amides is 1. The first-order valence-corrected chi connectivity index (χ1v) is 4.93. The van der Waals surface area contributed by atoms with E-state index in [1.54, 1.807) is 13.0 Å². The highest BCUT2D eigenvalue weighted by molar-refractivity contribution is 5.86. The van der Waals surface area contributed by atoms with Gasteiger partial charge in [0.1, 0.15) is 0 Å². The van der Waals surface area contributed by atoms with Gasteiger partial charge in [-0.3, -0.25) is 9.59 Å². The molecule has 0 aromatic heterocycles. The number of hydrogen-bond donors (Lipinski definition) is 3. The summed E-state index contributed by atoms with van der Waals surface area (Å²) in [6.45, 7) is 5.96. The Bertz CT molecular complexity index is 255. The predicted molar refractivity (Wildman–Crippen MR) is 58.8 cm³/mol. The largest absolute Gasteiger partial charge is 0.481 e. The van der Waals surface area contributed by atoms with Crippen LogP contribution in [0.4, 0.5) is 0 Å². The SMILES string of the molecule is C=CCOCC(C)NC(=O)C(N)CC(=O)O. The Morgan fingerprint density at radius 2 is 2.25 bits per heavy atom. The molecule has 0 saturated carbocycles. The van der Waals surface area contributed by atoms with Crippen molar-refractivity contribution in [3.63, 3.8) is 0 Å². The van der Waals surface area contributed by atoms with E-state index >= 15 is 0 Å². The molecule has 0 bridgehead atoms. The highest BCUT2D eigenvalue weighted by Gasteiger charge is 2.18. The Morgan fingerprint density at radius 3 is 2.75 bits per heavy atom. The molecule has 16 heavy (non-hydrogen) atoms. The van der Waals surface area contributed by atoms with Crippen LogP contribution in [0.25, 0.3) is 0 Å². The van der Waals surface area contributed by atoms with Crippen LogP contribution >= 0.6 is 0 Å². The van der Waals surface area contributed by atoms with E-state index in [1.165, 1.54) is 0 Å². The summed E-state index contributed by atoms with van der Waals surface area (Å²) in [5, 5.41) is 11.0. The molecule has 0 radical (unpaired) electrons. The van der Waals surface area contributed by atoms with Gasteiger partial charge in [-0.15, -0.1) is 6.58 Å². The van der Waals surface area contributed by atoms with Crippen molar-refractivity contribution in [2.24, 2.45) is 5.73 Å². The number of nitrogens with one attached hydrogen (secondary N) is 1. The summed E-state index contributed by atoms with van der Waals surface area (Å²) in [5.41, 5.74) is 5.37. The molecule has 1 amide bonds. The third-order valence-corrected chi connectivity index (χ3v) is 1.72. The Kier molecular flexibility index (Phi) is 7.15. The van der Waals surface area contributed by atoms with E-state index in [0.717, 1.165) is 0 Å². The first-order valence-electron chi connectivity index (χ1n) is 4.93. The maximum Gasteiger partial charge on any atom is 0.305 e. The number of nitrogens with two attached hydrogens (primary N) is 1. The standard InChI is InChI=1S/C10H18N2O4/c1-3-4-16-6-7(2)12-10(15)8(11)5-9(13)14/h3,7-8H,1,4-6,11H2,2H3,(H,12,15)(H,13,14). The fraction of sp³-hybridized carbons (Fsp3) is 0.600. The van der Waals surface area contributed by atoms with E-state index in [1.807, 2.05) is 0 Å². The van der Waals surface area contributed by atoms with Crippen LogP contribution in [0.5, 0.6) is 0 Å². The van der Waals surface area contributed by atoms with Gasteiger partial charge < -0.3 is 20.9 Å². The quantitative estimate of drug-likeness (QED) is 0.385. The second-order valence-electron chi connectivity index (χ2n) is 3.44. The fourth-order valence-electron chi connectivity index (χ4n) is 1.00. The number of carboxylic acids is 1. The summed E-state index contributed by atoms with van der Waals surface area (Å²) < 4.78 is 5.12. The minimum atomic E-state index is -1.10. The number of carbonyl (C=O) groups excluding carboxylic acids is 1. The molecule has 0 aliphatic rings. The van der Waals surface area contributed by atoms with Crippen LogP contribution in [-0.2, 0) is 14.3 Å². The Hall–Kier alpha value is -1.40. The number of ether oxygens (including phenoxy) is 1. The highest BCUT2D eigenvalue weighted by atomic mass is 16.5. The first kappa shape index (κ1) is 14.6. The van der Waals surface area contributed by atoms with Gasteiger partial charge in [0, 0.05) is 6.04 Å². The van der Waals surface area contributed by atoms with Crippen molar-refractivity contribution in [1.29, 1.82) is 0 Å². The van der Waals surface area contributed by atoms with Crippen LogP contribution in [0.1, 0.15) is 13.3 Å². The van der Waals surface area contributed by atoms with Gasteiger partial charge in [0.25, 0.3) is 0 Å². The number of carbonyl (C=O) groups is 2. The van der Waals surface area contributed by atoms with Gasteiger partial charge in [-0.2, -0.15) is 0 Å². The maximum absolute atomic E-state index is 11.3. The third kappa shape index (κ3) is 6.97. The molecular weight excluding hydrogens is 212 g/mol. The number of aliphatic carboxylic acids is 1. The predicted octanol–water partition coefficient (Wildman–Crippen LogP) is -0.504. The molecule has 0 spiro atoms. The van der Waals surface area contributed by atoms with Crippen LogP contribution in [0.15, 0.2) is 12.7 Å². The Balaban J connectivity index is 3.84. The monoisotopic (exact) mass is 230 g/mol. The third-order valence-electron chi connectivity index (χ3n) is 1.72. The van der Waals surface area contributed by atoms with Crippen molar-refractivity contribution >= 4 is 11.9 Å². The summed E-state index contributed by atoms with van der Waals surface area (Å²) in [7, 11) is 0. The molecule has 2 unspecified atom stereocenters. The summed E-state index contributed by atoms with van der Waals surface area (Å²) in [4.78, 5) is 21.7. The molecule has 2 atom stereocenters. The van der Waals surface area contributed by atoms with E-state index in [4.69, 9.17) is 15.6 Å². The summed E-state index contributed by atoms with van der Waals surface area (Å²) in [6, 6.07) is -1.24. The second kappa shape index (κ2) is 7.84. The lowest BCUT2D eigenvalue weighted by molar-refractivity contribution is -0.139. The van der Waals surface area contributed by atoms with Gasteiger partial charge in [-0.05, 0) is 6.92 Å². The topological polar surface area (TPSA) is 102 Å². The Morgan fingerprint density at radius 1 is 1.62 bits per heavy atom. The van der Waals surface area contributed by atoms with Crippen molar-refractivity contribution < 1.29 is 19.4 Å². The zero-order valence-electron chi connectivity index (χ0n) is 9.31. The van der Waals surface area contributed by atoms with Gasteiger partial charge in [-0.1, -0.05) is 6.08 Å². The molecule has 0 aliphatic carbocycles. The zero-order valence-corrected chi connectivity index (χ0v) is 9.31. The van der Waals surface area contributed by atoms with Gasteiger partial charge in [0.05, 0.1) is 25.7 Å². The zero-order chi connectivity index (χ0) is 12.6. The molecule has 0 aromatic carbocycles. The van der Waals surface area contributed by atoms with Crippen LogP contribution < -0.4 is 11.1 Å². The van der Waals surface area contributed by atoms with Crippen molar-refractivity contribution in [3.8, 4) is 0 Å². The molecular formula is C10H18N2O4. The Labute approximate surface area is 94.5 Å². The van der Waals surface area contributed by atoms with Gasteiger partial charge in [0.15, 0.2) is 0 Å². The number of hydrogen-bond acceptors (Lipinski definition) is 4. The number of rotatable bonds is 8. The molecule has 0 heterocycles. The average molecular weight is 230 g/mol. The molecule has 92 valence electrons. The smallest absolute Gasteiger partial charge is 0.305 e. The second-order valence-corrected chi connectivity index (χ2v) is 3.44. The summed E-state index contributed by atoms with van der Waals surface area (Å²) in [6.07, 6.45) is 1.22. The van der Waals surface area contributed by atoms with Crippen LogP contribution in [0.3, 0.4) is 0 Å².